The molecule has 2 aliphatic carbocycles. The van der Waals surface area contributed by atoms with Gasteiger partial charge in [-0.15, -0.1) is 0 Å². The highest BCUT2D eigenvalue weighted by Gasteiger charge is 2.52. The second-order valence-electron chi connectivity index (χ2n) is 10.9. The highest BCUT2D eigenvalue weighted by atomic mass is 16.6. The second-order valence-corrected chi connectivity index (χ2v) is 10.9. The van der Waals surface area contributed by atoms with Crippen LogP contribution in [0.1, 0.15) is 22.3 Å². The van der Waals surface area contributed by atoms with E-state index in [0.29, 0.717) is 0 Å². The molecule has 0 atom stereocenters. The third-order valence-electron chi connectivity index (χ3n) is 8.97. The minimum Gasteiger partial charge on any atom is -0.449 e. The summed E-state index contributed by atoms with van der Waals surface area (Å²) < 4.78 is 13.3. The molecule has 0 amide bonds. The van der Waals surface area contributed by atoms with Crippen LogP contribution in [0.15, 0.2) is 133 Å². The summed E-state index contributed by atoms with van der Waals surface area (Å²) in [5, 5.41) is 0. The third-order valence-corrected chi connectivity index (χ3v) is 8.97. The van der Waals surface area contributed by atoms with Crippen molar-refractivity contribution in [2.24, 2.45) is 0 Å². The molecule has 0 aromatic heterocycles. The lowest BCUT2D eigenvalue weighted by Crippen LogP contribution is -2.25. The number of ether oxygens (including phenoxy) is 2. The van der Waals surface area contributed by atoms with Gasteiger partial charge in [-0.25, -0.2) is 0 Å². The van der Waals surface area contributed by atoms with E-state index in [4.69, 9.17) is 9.47 Å². The Kier molecular flexibility index (Phi) is 4.46. The number of para-hydroxylation sites is 1. The van der Waals surface area contributed by atoms with Crippen LogP contribution in [0, 0.1) is 0 Å². The molecule has 0 saturated carbocycles. The first-order chi connectivity index (χ1) is 20.2. The maximum atomic E-state index is 6.83. The van der Waals surface area contributed by atoms with E-state index in [-0.39, 0.29) is 0 Å². The van der Waals surface area contributed by atoms with Crippen molar-refractivity contribution in [2.75, 3.05) is 11.9 Å². The lowest BCUT2D eigenvalue weighted by molar-refractivity contribution is 0.360. The fraction of sp³-hybridized carbons (Fsp3) is 0.0526. The number of hydrogen-bond donors (Lipinski definition) is 0. The van der Waals surface area contributed by atoms with Crippen molar-refractivity contribution < 1.29 is 9.47 Å². The predicted octanol–water partition coefficient (Wildman–Crippen LogP) is 9.70. The Morgan fingerprint density at radius 2 is 1.05 bits per heavy atom. The van der Waals surface area contributed by atoms with Crippen LogP contribution < -0.4 is 14.4 Å². The van der Waals surface area contributed by atoms with Gasteiger partial charge in [-0.2, -0.15) is 0 Å². The monoisotopic (exact) mass is 527 g/mol. The number of hydrogen-bond acceptors (Lipinski definition) is 3. The maximum Gasteiger partial charge on any atom is 0.178 e. The minimum absolute atomic E-state index is 0.410. The van der Waals surface area contributed by atoms with Gasteiger partial charge in [0.15, 0.2) is 23.0 Å². The average molecular weight is 528 g/mol. The molecule has 1 spiro atoms. The zero-order chi connectivity index (χ0) is 27.1. The minimum atomic E-state index is -0.410. The molecule has 1 aliphatic heterocycles. The molecule has 9 rings (SSSR count). The molecule has 0 fully saturated rings. The summed E-state index contributed by atoms with van der Waals surface area (Å²) in [6.45, 7) is 0. The maximum absolute atomic E-state index is 6.83. The standard InChI is InChI=1S/C38H25NO2/c1-39(24-11-3-2-4-12-24)25-19-21-33-35(23-25)41-37-34(40-33)22-20-32-36(37)28-15-7-10-18-31(28)38(32)29-16-8-5-13-26(29)27-14-6-9-17-30(27)38/h2-23H,1H3. The summed E-state index contributed by atoms with van der Waals surface area (Å²) in [7, 11) is 2.07. The molecule has 41 heavy (non-hydrogen) atoms. The summed E-state index contributed by atoms with van der Waals surface area (Å²) in [5.74, 6) is 2.96. The van der Waals surface area contributed by atoms with Crippen LogP contribution >= 0.6 is 0 Å². The van der Waals surface area contributed by atoms with E-state index in [1.807, 2.05) is 12.1 Å². The van der Waals surface area contributed by atoms with E-state index in [9.17, 15) is 0 Å². The quantitative estimate of drug-likeness (QED) is 0.223. The van der Waals surface area contributed by atoms with Gasteiger partial charge in [-0.3, -0.25) is 0 Å². The third kappa shape index (κ3) is 2.87. The smallest absolute Gasteiger partial charge is 0.178 e. The molecule has 6 aromatic carbocycles. The Bertz CT molecular complexity index is 1980. The molecule has 0 bridgehead atoms. The molecule has 0 saturated heterocycles. The molecular weight excluding hydrogens is 502 g/mol. The van der Waals surface area contributed by atoms with Crippen molar-refractivity contribution >= 4 is 11.4 Å². The highest BCUT2D eigenvalue weighted by molar-refractivity contribution is 5.97. The Morgan fingerprint density at radius 3 is 1.76 bits per heavy atom. The summed E-state index contributed by atoms with van der Waals surface area (Å²) in [6.07, 6.45) is 0. The molecule has 0 unspecified atom stereocenters. The van der Waals surface area contributed by atoms with Gasteiger partial charge in [0.1, 0.15) is 0 Å². The molecule has 0 N–H and O–H groups in total. The van der Waals surface area contributed by atoms with Gasteiger partial charge in [0.2, 0.25) is 0 Å². The predicted molar refractivity (Wildman–Crippen MR) is 164 cm³/mol. The van der Waals surface area contributed by atoms with Gasteiger partial charge in [-0.1, -0.05) is 97.1 Å². The van der Waals surface area contributed by atoms with Crippen LogP contribution in [0.25, 0.3) is 22.3 Å². The van der Waals surface area contributed by atoms with Gasteiger partial charge in [0, 0.05) is 30.1 Å². The Hall–Kier alpha value is -5.28. The van der Waals surface area contributed by atoms with E-state index in [0.717, 1.165) is 39.9 Å². The van der Waals surface area contributed by atoms with Crippen LogP contribution in [-0.2, 0) is 5.41 Å². The first-order valence-corrected chi connectivity index (χ1v) is 14.0. The van der Waals surface area contributed by atoms with E-state index < -0.39 is 5.41 Å². The van der Waals surface area contributed by atoms with Crippen LogP contribution in [0.2, 0.25) is 0 Å². The van der Waals surface area contributed by atoms with Crippen molar-refractivity contribution in [2.45, 2.75) is 5.41 Å². The molecule has 194 valence electrons. The number of rotatable bonds is 2. The number of fused-ring (bicyclic) bond motifs is 13. The van der Waals surface area contributed by atoms with E-state index in [1.54, 1.807) is 0 Å². The molecule has 1 heterocycles. The Balaban J connectivity index is 1.26. The van der Waals surface area contributed by atoms with E-state index in [1.165, 1.54) is 38.9 Å². The Morgan fingerprint density at radius 1 is 0.463 bits per heavy atom. The first-order valence-electron chi connectivity index (χ1n) is 14.0. The Labute approximate surface area is 238 Å². The molecular formula is C38H25NO2. The number of anilines is 2. The largest absolute Gasteiger partial charge is 0.449 e. The molecule has 3 heteroatoms. The first kappa shape index (κ1) is 22.5. The molecule has 0 radical (unpaired) electrons. The lowest BCUT2D eigenvalue weighted by atomic mass is 9.70. The van der Waals surface area contributed by atoms with E-state index >= 15 is 0 Å². The fourth-order valence-corrected chi connectivity index (χ4v) is 7.21. The molecule has 3 aliphatic rings. The van der Waals surface area contributed by atoms with Gasteiger partial charge in [-0.05, 0) is 69.3 Å². The topological polar surface area (TPSA) is 21.7 Å². The molecule has 6 aromatic rings. The van der Waals surface area contributed by atoms with Gasteiger partial charge < -0.3 is 14.4 Å². The normalized spacial score (nSPS) is 14.1. The van der Waals surface area contributed by atoms with Crippen molar-refractivity contribution in [1.82, 2.24) is 0 Å². The summed E-state index contributed by atoms with van der Waals surface area (Å²) in [6, 6.07) is 47.3. The van der Waals surface area contributed by atoms with E-state index in [2.05, 4.69) is 133 Å². The zero-order valence-electron chi connectivity index (χ0n) is 22.5. The average Bonchev–Trinajstić information content (AvgIpc) is 3.51. The van der Waals surface area contributed by atoms with Gasteiger partial charge in [0.05, 0.1) is 5.41 Å². The number of nitrogens with zero attached hydrogens (tertiary/aromatic N) is 1. The van der Waals surface area contributed by atoms with Crippen LogP contribution in [0.5, 0.6) is 23.0 Å². The van der Waals surface area contributed by atoms with Crippen LogP contribution in [-0.4, -0.2) is 7.05 Å². The SMILES string of the molecule is CN(c1ccccc1)c1ccc2c(c1)Oc1c(ccc3c1-c1ccccc1C31c3ccccc3-c3ccccc31)O2. The lowest BCUT2D eigenvalue weighted by Gasteiger charge is -2.31. The fourth-order valence-electron chi connectivity index (χ4n) is 7.21. The summed E-state index contributed by atoms with van der Waals surface area (Å²) >= 11 is 0. The summed E-state index contributed by atoms with van der Waals surface area (Å²) in [4.78, 5) is 2.16. The summed E-state index contributed by atoms with van der Waals surface area (Å²) in [5.41, 5.74) is 11.8. The zero-order valence-corrected chi connectivity index (χ0v) is 22.5. The van der Waals surface area contributed by atoms with Crippen molar-refractivity contribution in [3.05, 3.63) is 156 Å². The van der Waals surface area contributed by atoms with Crippen molar-refractivity contribution in [3.8, 4) is 45.3 Å². The van der Waals surface area contributed by atoms with Gasteiger partial charge >= 0.3 is 0 Å². The van der Waals surface area contributed by atoms with Crippen LogP contribution in [0.3, 0.4) is 0 Å². The second kappa shape index (κ2) is 8.12. The molecule has 3 nitrogen and oxygen atoms in total. The highest BCUT2D eigenvalue weighted by Crippen LogP contribution is 2.66. The van der Waals surface area contributed by atoms with Crippen molar-refractivity contribution in [3.63, 3.8) is 0 Å². The van der Waals surface area contributed by atoms with Crippen LogP contribution in [0.4, 0.5) is 11.4 Å². The van der Waals surface area contributed by atoms with Crippen molar-refractivity contribution in [1.29, 1.82) is 0 Å². The van der Waals surface area contributed by atoms with Gasteiger partial charge in [0.25, 0.3) is 0 Å². The number of benzene rings is 6.